The predicted octanol–water partition coefficient (Wildman–Crippen LogP) is 2.45. The number of aryl methyl sites for hydroxylation is 1. The molecular weight excluding hydrogens is 342 g/mol. The lowest BCUT2D eigenvalue weighted by molar-refractivity contribution is 0.278. The van der Waals surface area contributed by atoms with Crippen molar-refractivity contribution in [3.8, 4) is 17.3 Å². The van der Waals surface area contributed by atoms with Crippen LogP contribution in [0.2, 0.25) is 0 Å². The van der Waals surface area contributed by atoms with Gasteiger partial charge in [0.25, 0.3) is 0 Å². The molecule has 0 aliphatic heterocycles. The van der Waals surface area contributed by atoms with Crippen molar-refractivity contribution in [2.45, 2.75) is 6.61 Å². The molecule has 27 heavy (non-hydrogen) atoms. The fourth-order valence-corrected chi connectivity index (χ4v) is 2.85. The first kappa shape index (κ1) is 15.4. The highest BCUT2D eigenvalue weighted by molar-refractivity contribution is 5.84. The van der Waals surface area contributed by atoms with Gasteiger partial charge in [0.2, 0.25) is 5.88 Å². The Morgan fingerprint density at radius 3 is 2.63 bits per heavy atom. The monoisotopic (exact) mass is 357 g/mol. The molecule has 132 valence electrons. The summed E-state index contributed by atoms with van der Waals surface area (Å²) in [6, 6.07) is 11.8. The van der Waals surface area contributed by atoms with Crippen molar-refractivity contribution in [2.24, 2.45) is 7.05 Å². The third-order valence-corrected chi connectivity index (χ3v) is 4.24. The minimum Gasteiger partial charge on any atom is -0.468 e. The Bertz CT molecular complexity index is 1190. The molecule has 1 aliphatic carbocycles. The van der Waals surface area contributed by atoms with Crippen molar-refractivity contribution in [3.63, 3.8) is 0 Å². The minimum atomic E-state index is 0.228. The van der Waals surface area contributed by atoms with E-state index in [1.807, 2.05) is 61.7 Å². The van der Waals surface area contributed by atoms with E-state index in [9.17, 15) is 0 Å². The maximum Gasteiger partial charge on any atom is 0.240 e. The maximum absolute atomic E-state index is 5.96. The first-order valence-corrected chi connectivity index (χ1v) is 8.46. The molecule has 0 amide bonds. The number of hydrogen-bond acceptors (Lipinski definition) is 6. The summed E-state index contributed by atoms with van der Waals surface area (Å²) >= 11 is 0. The molecule has 0 saturated carbocycles. The van der Waals surface area contributed by atoms with Crippen LogP contribution >= 0.6 is 0 Å². The summed E-state index contributed by atoms with van der Waals surface area (Å²) in [5.74, 6) is 1.74. The smallest absolute Gasteiger partial charge is 0.240 e. The molecule has 0 radical (unpaired) electrons. The van der Waals surface area contributed by atoms with E-state index >= 15 is 0 Å². The highest BCUT2D eigenvalue weighted by Gasteiger charge is 2.18. The maximum atomic E-state index is 5.96. The average molecular weight is 357 g/mol. The van der Waals surface area contributed by atoms with E-state index in [0.717, 1.165) is 16.7 Å². The van der Waals surface area contributed by atoms with Gasteiger partial charge in [0.15, 0.2) is 23.9 Å². The first-order chi connectivity index (χ1) is 13.3. The van der Waals surface area contributed by atoms with E-state index in [1.165, 1.54) is 0 Å². The Hall–Kier alpha value is -3.81. The molecule has 8 heteroatoms. The topological polar surface area (TPSA) is 83.0 Å². The van der Waals surface area contributed by atoms with Crippen molar-refractivity contribution in [1.82, 2.24) is 34.6 Å². The Labute approximate surface area is 154 Å². The zero-order valence-electron chi connectivity index (χ0n) is 14.5. The van der Waals surface area contributed by atoms with Gasteiger partial charge in [0.1, 0.15) is 6.33 Å². The van der Waals surface area contributed by atoms with Gasteiger partial charge in [-0.15, -0.1) is 15.3 Å². The van der Waals surface area contributed by atoms with Crippen LogP contribution in [0.3, 0.4) is 0 Å². The van der Waals surface area contributed by atoms with Gasteiger partial charge in [0.05, 0.1) is 0 Å². The van der Waals surface area contributed by atoms with E-state index in [2.05, 4.69) is 25.4 Å². The number of hydrogen-bond donors (Lipinski definition) is 0. The molecule has 0 saturated heterocycles. The lowest BCUT2D eigenvalue weighted by Crippen LogP contribution is -2.07. The van der Waals surface area contributed by atoms with E-state index in [1.54, 1.807) is 15.5 Å². The Kier molecular flexibility index (Phi) is 3.53. The van der Waals surface area contributed by atoms with Crippen molar-refractivity contribution < 1.29 is 4.74 Å². The highest BCUT2D eigenvalue weighted by atomic mass is 16.5. The van der Waals surface area contributed by atoms with Gasteiger partial charge >= 0.3 is 0 Å². The normalized spacial score (nSPS) is 12.9. The van der Waals surface area contributed by atoms with Crippen molar-refractivity contribution >= 4 is 11.2 Å². The highest BCUT2D eigenvalue weighted by Crippen LogP contribution is 2.31. The summed E-state index contributed by atoms with van der Waals surface area (Å²) < 4.78 is 9.30. The van der Waals surface area contributed by atoms with Crippen LogP contribution < -0.4 is 4.74 Å². The van der Waals surface area contributed by atoms with Crippen LogP contribution in [0.15, 0.2) is 61.0 Å². The van der Waals surface area contributed by atoms with Gasteiger partial charge in [0, 0.05) is 18.2 Å². The fourth-order valence-electron chi connectivity index (χ4n) is 2.85. The number of benzene rings is 1. The molecule has 3 heterocycles. The van der Waals surface area contributed by atoms with E-state index in [0.29, 0.717) is 23.2 Å². The van der Waals surface area contributed by atoms with Crippen molar-refractivity contribution in [1.29, 1.82) is 0 Å². The molecular formula is C19H15N7O. The summed E-state index contributed by atoms with van der Waals surface area (Å²) in [7, 11) is 1.82. The van der Waals surface area contributed by atoms with Gasteiger partial charge in [-0.1, -0.05) is 48.6 Å². The van der Waals surface area contributed by atoms with Crippen LogP contribution in [-0.4, -0.2) is 34.6 Å². The van der Waals surface area contributed by atoms with E-state index in [-0.39, 0.29) is 6.61 Å². The number of ether oxygens (including phenoxy) is 1. The van der Waals surface area contributed by atoms with Gasteiger partial charge in [-0.3, -0.25) is 4.68 Å². The van der Waals surface area contributed by atoms with Gasteiger partial charge in [-0.05, 0) is 11.6 Å². The Morgan fingerprint density at radius 2 is 1.93 bits per heavy atom. The molecule has 1 aliphatic rings. The number of fused-ring (bicyclic) bond motifs is 1. The molecule has 3 aromatic heterocycles. The predicted molar refractivity (Wildman–Crippen MR) is 98.7 cm³/mol. The largest absolute Gasteiger partial charge is 0.468 e. The lowest BCUT2D eigenvalue weighted by Gasteiger charge is -2.13. The number of aromatic nitrogens is 7. The SMILES string of the molecule is Cn1cnc(COc2nn3c(-c4ccccc4)nnc3cc2C2=CC=C2)n1. The zero-order chi connectivity index (χ0) is 18.2. The minimum absolute atomic E-state index is 0.228. The van der Waals surface area contributed by atoms with Crippen LogP contribution in [0.5, 0.6) is 5.88 Å². The molecule has 0 N–H and O–H groups in total. The van der Waals surface area contributed by atoms with Crippen LogP contribution in [0.1, 0.15) is 11.4 Å². The lowest BCUT2D eigenvalue weighted by atomic mass is 10.0. The van der Waals surface area contributed by atoms with Gasteiger partial charge in [-0.2, -0.15) is 9.61 Å². The van der Waals surface area contributed by atoms with E-state index < -0.39 is 0 Å². The molecule has 1 aromatic carbocycles. The molecule has 0 bridgehead atoms. The summed E-state index contributed by atoms with van der Waals surface area (Å²) in [6.07, 6.45) is 7.63. The Balaban J connectivity index is 1.58. The average Bonchev–Trinajstić information content (AvgIpc) is 3.25. The summed E-state index contributed by atoms with van der Waals surface area (Å²) in [5, 5.41) is 17.5. The second-order valence-corrected chi connectivity index (χ2v) is 6.13. The summed E-state index contributed by atoms with van der Waals surface area (Å²) in [6.45, 7) is 0.228. The quantitative estimate of drug-likeness (QED) is 0.546. The van der Waals surface area contributed by atoms with Crippen molar-refractivity contribution in [3.05, 3.63) is 72.3 Å². The van der Waals surface area contributed by atoms with Crippen LogP contribution in [0.4, 0.5) is 0 Å². The standard InChI is InChI=1S/C19H15N7O/c1-25-12-20-16(23-25)11-27-19-15(13-8-5-9-13)10-17-21-22-18(26(17)24-19)14-6-3-2-4-7-14/h2-10,12H,11H2,1H3. The van der Waals surface area contributed by atoms with E-state index in [4.69, 9.17) is 4.74 Å². The molecule has 0 atom stereocenters. The van der Waals surface area contributed by atoms with Crippen molar-refractivity contribution in [2.75, 3.05) is 0 Å². The van der Waals surface area contributed by atoms with Crippen LogP contribution in [-0.2, 0) is 13.7 Å². The molecule has 8 nitrogen and oxygen atoms in total. The fraction of sp³-hybridized carbons (Fsp3) is 0.105. The summed E-state index contributed by atoms with van der Waals surface area (Å²) in [4.78, 5) is 4.20. The molecule has 0 unspecified atom stereocenters. The van der Waals surface area contributed by atoms with Crippen LogP contribution in [0, 0.1) is 0 Å². The van der Waals surface area contributed by atoms with Gasteiger partial charge in [-0.25, -0.2) is 4.98 Å². The molecule has 4 aromatic rings. The first-order valence-electron chi connectivity index (χ1n) is 8.46. The Morgan fingerprint density at radius 1 is 1.07 bits per heavy atom. The number of nitrogens with zero attached hydrogens (tertiary/aromatic N) is 7. The molecule has 0 spiro atoms. The third kappa shape index (κ3) is 2.77. The third-order valence-electron chi connectivity index (χ3n) is 4.24. The molecule has 0 fully saturated rings. The summed E-state index contributed by atoms with van der Waals surface area (Å²) in [5.41, 5.74) is 3.50. The molecule has 5 rings (SSSR count). The number of rotatable bonds is 5. The second kappa shape index (κ2) is 6.17. The van der Waals surface area contributed by atoms with Gasteiger partial charge < -0.3 is 4.74 Å². The zero-order valence-corrected chi connectivity index (χ0v) is 14.5. The second-order valence-electron chi connectivity index (χ2n) is 6.13. The van der Waals surface area contributed by atoms with Crippen LogP contribution in [0.25, 0.3) is 22.6 Å². The number of allylic oxidation sites excluding steroid dienone is 4.